The normalized spacial score (nSPS) is 10.4. The molecule has 0 fully saturated rings. The molecule has 0 amide bonds. The standard InChI is InChI=1S/C20H17ClFN3O2/c1-2-26-20-18(22)19(15-6-4-3-5-7-15)24-25(20)10-11-27-17-9-8-14(13-23)12-16(17)21/h3-9,12H,2,10-11H2,1H3. The smallest absolute Gasteiger partial charge is 0.249 e. The predicted molar refractivity (Wildman–Crippen MR) is 100 cm³/mol. The fraction of sp³-hybridized carbons (Fsp3) is 0.200. The Kier molecular flexibility index (Phi) is 5.94. The minimum atomic E-state index is -0.501. The van der Waals surface area contributed by atoms with Gasteiger partial charge in [0.05, 0.1) is 29.8 Å². The molecule has 0 N–H and O–H groups in total. The number of halogens is 2. The molecule has 138 valence electrons. The van der Waals surface area contributed by atoms with Crippen LogP contribution in [0.5, 0.6) is 11.6 Å². The van der Waals surface area contributed by atoms with Gasteiger partial charge in [-0.3, -0.25) is 0 Å². The van der Waals surface area contributed by atoms with Gasteiger partial charge in [0, 0.05) is 5.56 Å². The van der Waals surface area contributed by atoms with Crippen molar-refractivity contribution in [1.82, 2.24) is 9.78 Å². The summed E-state index contributed by atoms with van der Waals surface area (Å²) in [5.41, 5.74) is 1.36. The Morgan fingerprint density at radius 3 is 2.63 bits per heavy atom. The van der Waals surface area contributed by atoms with Crippen molar-refractivity contribution in [1.29, 1.82) is 5.26 Å². The number of ether oxygens (including phenoxy) is 2. The molecule has 3 rings (SSSR count). The van der Waals surface area contributed by atoms with Crippen molar-refractivity contribution < 1.29 is 13.9 Å². The molecule has 2 aromatic carbocycles. The lowest BCUT2D eigenvalue weighted by Gasteiger charge is -2.10. The maximum absolute atomic E-state index is 14.8. The first-order valence-electron chi connectivity index (χ1n) is 8.41. The van der Waals surface area contributed by atoms with E-state index in [1.165, 1.54) is 10.7 Å². The van der Waals surface area contributed by atoms with Crippen LogP contribution in [-0.4, -0.2) is 23.0 Å². The summed E-state index contributed by atoms with van der Waals surface area (Å²) in [4.78, 5) is 0. The summed E-state index contributed by atoms with van der Waals surface area (Å²) in [7, 11) is 0. The fourth-order valence-electron chi connectivity index (χ4n) is 2.56. The van der Waals surface area contributed by atoms with Gasteiger partial charge in [-0.15, -0.1) is 0 Å². The zero-order chi connectivity index (χ0) is 19.2. The van der Waals surface area contributed by atoms with E-state index in [-0.39, 0.29) is 24.7 Å². The number of hydrogen-bond acceptors (Lipinski definition) is 4. The van der Waals surface area contributed by atoms with Crippen molar-refractivity contribution in [2.75, 3.05) is 13.2 Å². The van der Waals surface area contributed by atoms with Gasteiger partial charge in [-0.05, 0) is 25.1 Å². The van der Waals surface area contributed by atoms with Crippen molar-refractivity contribution in [3.63, 3.8) is 0 Å². The third kappa shape index (κ3) is 4.21. The lowest BCUT2D eigenvalue weighted by Crippen LogP contribution is -2.12. The molecule has 27 heavy (non-hydrogen) atoms. The largest absolute Gasteiger partial charge is 0.490 e. The molecule has 1 aromatic heterocycles. The minimum Gasteiger partial charge on any atom is -0.490 e. The number of aromatic nitrogens is 2. The van der Waals surface area contributed by atoms with E-state index < -0.39 is 5.82 Å². The van der Waals surface area contributed by atoms with Crippen LogP contribution in [0.1, 0.15) is 12.5 Å². The van der Waals surface area contributed by atoms with Crippen molar-refractivity contribution in [3.8, 4) is 29.0 Å². The molecule has 0 aliphatic carbocycles. The highest BCUT2D eigenvalue weighted by Crippen LogP contribution is 2.29. The van der Waals surface area contributed by atoms with Crippen LogP contribution in [0.15, 0.2) is 48.5 Å². The van der Waals surface area contributed by atoms with Gasteiger partial charge in [0.15, 0.2) is 0 Å². The zero-order valence-corrected chi connectivity index (χ0v) is 15.4. The summed E-state index contributed by atoms with van der Waals surface area (Å²) < 4.78 is 27.3. The van der Waals surface area contributed by atoms with Crippen molar-refractivity contribution >= 4 is 11.6 Å². The Hall–Kier alpha value is -3.04. The van der Waals surface area contributed by atoms with Gasteiger partial charge in [-0.2, -0.15) is 14.8 Å². The quantitative estimate of drug-likeness (QED) is 0.591. The molecule has 0 saturated carbocycles. The lowest BCUT2D eigenvalue weighted by atomic mass is 10.1. The van der Waals surface area contributed by atoms with Crippen LogP contribution in [0.2, 0.25) is 5.02 Å². The third-order valence-electron chi connectivity index (χ3n) is 3.80. The maximum Gasteiger partial charge on any atom is 0.249 e. The van der Waals surface area contributed by atoms with E-state index in [9.17, 15) is 4.39 Å². The summed E-state index contributed by atoms with van der Waals surface area (Å²) in [6.45, 7) is 2.58. The molecule has 0 aliphatic heterocycles. The van der Waals surface area contributed by atoms with Gasteiger partial charge in [-0.25, -0.2) is 4.68 Å². The summed E-state index contributed by atoms with van der Waals surface area (Å²) in [6, 6.07) is 15.9. The Balaban J connectivity index is 1.77. The first kappa shape index (κ1) is 18.7. The Labute approximate surface area is 161 Å². The van der Waals surface area contributed by atoms with E-state index >= 15 is 0 Å². The van der Waals surface area contributed by atoms with Gasteiger partial charge >= 0.3 is 0 Å². The van der Waals surface area contributed by atoms with Crippen molar-refractivity contribution in [2.45, 2.75) is 13.5 Å². The SMILES string of the molecule is CCOc1c(F)c(-c2ccccc2)nn1CCOc1ccc(C#N)cc1Cl. The van der Waals surface area contributed by atoms with Gasteiger partial charge in [0.25, 0.3) is 0 Å². The highest BCUT2D eigenvalue weighted by Gasteiger charge is 2.20. The molecule has 0 bridgehead atoms. The number of rotatable bonds is 7. The molecule has 0 spiro atoms. The van der Waals surface area contributed by atoms with Crippen LogP contribution in [0.25, 0.3) is 11.3 Å². The summed E-state index contributed by atoms with van der Waals surface area (Å²) in [5.74, 6) is 0.0230. The Bertz CT molecular complexity index is 967. The van der Waals surface area contributed by atoms with Crippen LogP contribution in [0.4, 0.5) is 4.39 Å². The topological polar surface area (TPSA) is 60.1 Å². The van der Waals surface area contributed by atoms with Gasteiger partial charge < -0.3 is 9.47 Å². The molecule has 0 saturated heterocycles. The highest BCUT2D eigenvalue weighted by molar-refractivity contribution is 6.32. The van der Waals surface area contributed by atoms with Crippen molar-refractivity contribution in [3.05, 3.63) is 64.9 Å². The molecular formula is C20H17ClFN3O2. The number of benzene rings is 2. The van der Waals surface area contributed by atoms with Crippen LogP contribution in [-0.2, 0) is 6.54 Å². The van der Waals surface area contributed by atoms with E-state index in [1.807, 2.05) is 24.3 Å². The van der Waals surface area contributed by atoms with Gasteiger partial charge in [-0.1, -0.05) is 41.9 Å². The van der Waals surface area contributed by atoms with Crippen LogP contribution in [0, 0.1) is 17.1 Å². The van der Waals surface area contributed by atoms with E-state index in [0.717, 1.165) is 0 Å². The predicted octanol–water partition coefficient (Wildman–Crippen LogP) is 4.69. The van der Waals surface area contributed by atoms with Crippen LogP contribution in [0.3, 0.4) is 0 Å². The minimum absolute atomic E-state index is 0.0749. The van der Waals surface area contributed by atoms with E-state index in [0.29, 0.717) is 28.5 Å². The highest BCUT2D eigenvalue weighted by atomic mass is 35.5. The lowest BCUT2D eigenvalue weighted by molar-refractivity contribution is 0.253. The van der Waals surface area contributed by atoms with E-state index in [4.69, 9.17) is 26.3 Å². The first-order valence-corrected chi connectivity index (χ1v) is 8.78. The number of nitriles is 1. The molecule has 5 nitrogen and oxygen atoms in total. The van der Waals surface area contributed by atoms with Crippen molar-refractivity contribution in [2.24, 2.45) is 0 Å². The monoisotopic (exact) mass is 385 g/mol. The fourth-order valence-corrected chi connectivity index (χ4v) is 2.80. The number of nitrogens with zero attached hydrogens (tertiary/aromatic N) is 3. The van der Waals surface area contributed by atoms with Crippen LogP contribution < -0.4 is 9.47 Å². The molecule has 3 aromatic rings. The zero-order valence-electron chi connectivity index (χ0n) is 14.7. The van der Waals surface area contributed by atoms with Gasteiger partial charge in [0.1, 0.15) is 18.1 Å². The summed E-state index contributed by atoms with van der Waals surface area (Å²) >= 11 is 6.10. The Morgan fingerprint density at radius 1 is 1.19 bits per heavy atom. The Morgan fingerprint density at radius 2 is 1.96 bits per heavy atom. The molecular weight excluding hydrogens is 369 g/mol. The molecule has 0 radical (unpaired) electrons. The average molecular weight is 386 g/mol. The molecule has 0 aliphatic rings. The molecule has 0 atom stereocenters. The summed E-state index contributed by atoms with van der Waals surface area (Å²) in [6.07, 6.45) is 0. The van der Waals surface area contributed by atoms with E-state index in [1.54, 1.807) is 31.2 Å². The second kappa shape index (κ2) is 8.56. The second-order valence-electron chi connectivity index (χ2n) is 5.60. The third-order valence-corrected chi connectivity index (χ3v) is 4.10. The molecule has 1 heterocycles. The second-order valence-corrected chi connectivity index (χ2v) is 6.00. The van der Waals surface area contributed by atoms with Gasteiger partial charge in [0.2, 0.25) is 11.7 Å². The number of hydrogen-bond donors (Lipinski definition) is 0. The molecule has 7 heteroatoms. The van der Waals surface area contributed by atoms with Crippen LogP contribution >= 0.6 is 11.6 Å². The van der Waals surface area contributed by atoms with E-state index in [2.05, 4.69) is 5.10 Å². The average Bonchev–Trinajstić information content (AvgIpc) is 3.00. The first-order chi connectivity index (χ1) is 13.1. The molecule has 0 unspecified atom stereocenters. The summed E-state index contributed by atoms with van der Waals surface area (Å²) in [5, 5.41) is 13.6. The maximum atomic E-state index is 14.8.